The molecule has 3 rings (SSSR count). The highest BCUT2D eigenvalue weighted by molar-refractivity contribution is 6.42. The number of hydrogen-bond donors (Lipinski definition) is 3. The number of aromatic amines is 1. The van der Waals surface area contributed by atoms with Crippen LogP contribution in [-0.4, -0.2) is 29.9 Å². The van der Waals surface area contributed by atoms with Crippen LogP contribution < -0.4 is 16.2 Å². The molecule has 2 amide bonds. The third-order valence-electron chi connectivity index (χ3n) is 4.12. The lowest BCUT2D eigenvalue weighted by Crippen LogP contribution is -2.36. The van der Waals surface area contributed by atoms with Gasteiger partial charge in [-0.1, -0.05) is 53.5 Å². The average Bonchev–Trinajstić information content (AvgIpc) is 2.73. The van der Waals surface area contributed by atoms with Crippen molar-refractivity contribution in [2.75, 3.05) is 13.1 Å². The molecular weight excluding hydrogens is 413 g/mol. The van der Waals surface area contributed by atoms with E-state index in [1.54, 1.807) is 12.1 Å². The monoisotopic (exact) mass is 429 g/mol. The van der Waals surface area contributed by atoms with E-state index >= 15 is 0 Å². The topological polar surface area (TPSA) is 91.1 Å². The number of carbonyl (C=O) groups excluding carboxylic acids is 2. The van der Waals surface area contributed by atoms with E-state index in [0.717, 1.165) is 5.56 Å². The molecule has 1 heterocycles. The highest BCUT2D eigenvalue weighted by Crippen LogP contribution is 2.22. The standard InChI is InChI=1S/C21H17Cl2N3O3/c22-16-8-6-14(12-17(16)23)19(27)24-10-11-25-20(28)15-7-9-18(26-21(15)29)13-4-2-1-3-5-13/h1-9,12H,10-11H2,(H,24,27)(H,25,28)(H,26,29). The Bertz CT molecular complexity index is 1100. The minimum absolute atomic E-state index is 0.000454. The molecule has 8 heteroatoms. The summed E-state index contributed by atoms with van der Waals surface area (Å²) < 4.78 is 0. The van der Waals surface area contributed by atoms with Crippen LogP contribution in [0.15, 0.2) is 65.5 Å². The van der Waals surface area contributed by atoms with Crippen molar-refractivity contribution in [3.63, 3.8) is 0 Å². The summed E-state index contributed by atoms with van der Waals surface area (Å²) in [5, 5.41) is 5.91. The Morgan fingerprint density at radius 2 is 1.52 bits per heavy atom. The maximum absolute atomic E-state index is 12.2. The van der Waals surface area contributed by atoms with E-state index in [1.807, 2.05) is 30.3 Å². The molecule has 0 saturated heterocycles. The SMILES string of the molecule is O=C(NCCNC(=O)c1ccc(-c2ccccc2)[nH]c1=O)c1ccc(Cl)c(Cl)c1. The van der Waals surface area contributed by atoms with Crippen LogP contribution in [-0.2, 0) is 0 Å². The Morgan fingerprint density at radius 1 is 0.828 bits per heavy atom. The molecule has 0 fully saturated rings. The van der Waals surface area contributed by atoms with E-state index < -0.39 is 11.5 Å². The molecule has 148 valence electrons. The highest BCUT2D eigenvalue weighted by Gasteiger charge is 2.12. The van der Waals surface area contributed by atoms with Crippen LogP contribution in [0, 0.1) is 0 Å². The van der Waals surface area contributed by atoms with Crippen molar-refractivity contribution < 1.29 is 9.59 Å². The molecule has 0 saturated carbocycles. The fourth-order valence-electron chi connectivity index (χ4n) is 2.63. The first kappa shape index (κ1) is 20.6. The molecule has 3 aromatic rings. The van der Waals surface area contributed by atoms with Gasteiger partial charge >= 0.3 is 0 Å². The molecule has 1 aromatic heterocycles. The molecule has 6 nitrogen and oxygen atoms in total. The Labute approximate surface area is 176 Å². The lowest BCUT2D eigenvalue weighted by Gasteiger charge is -2.08. The largest absolute Gasteiger partial charge is 0.350 e. The van der Waals surface area contributed by atoms with Crippen molar-refractivity contribution in [3.05, 3.63) is 92.2 Å². The zero-order chi connectivity index (χ0) is 20.8. The number of nitrogens with one attached hydrogen (secondary N) is 3. The van der Waals surface area contributed by atoms with Crippen molar-refractivity contribution in [1.29, 1.82) is 0 Å². The summed E-state index contributed by atoms with van der Waals surface area (Å²) >= 11 is 11.7. The number of H-pyrrole nitrogens is 1. The molecule has 2 aromatic carbocycles. The number of pyridine rings is 1. The summed E-state index contributed by atoms with van der Waals surface area (Å²) in [6.45, 7) is 0.344. The van der Waals surface area contributed by atoms with Gasteiger partial charge in [-0.3, -0.25) is 14.4 Å². The first-order valence-corrected chi connectivity index (χ1v) is 9.51. The minimum Gasteiger partial charge on any atom is -0.350 e. The number of hydrogen-bond acceptors (Lipinski definition) is 3. The third kappa shape index (κ3) is 5.25. The number of halogens is 2. The van der Waals surface area contributed by atoms with Crippen molar-refractivity contribution in [2.24, 2.45) is 0 Å². The van der Waals surface area contributed by atoms with Crippen molar-refractivity contribution in [1.82, 2.24) is 15.6 Å². The maximum Gasteiger partial charge on any atom is 0.261 e. The summed E-state index contributed by atoms with van der Waals surface area (Å²) in [4.78, 5) is 39.2. The van der Waals surface area contributed by atoms with Crippen LogP contribution in [0.4, 0.5) is 0 Å². The molecule has 0 bridgehead atoms. The predicted molar refractivity (Wildman–Crippen MR) is 114 cm³/mol. The van der Waals surface area contributed by atoms with Crippen LogP contribution >= 0.6 is 23.2 Å². The molecule has 29 heavy (non-hydrogen) atoms. The molecule has 0 aliphatic heterocycles. The maximum atomic E-state index is 12.2. The van der Waals surface area contributed by atoms with Gasteiger partial charge in [0.25, 0.3) is 17.4 Å². The van der Waals surface area contributed by atoms with Gasteiger partial charge in [-0.25, -0.2) is 0 Å². The number of amides is 2. The van der Waals surface area contributed by atoms with Gasteiger partial charge < -0.3 is 15.6 Å². The Hall–Kier alpha value is -3.09. The lowest BCUT2D eigenvalue weighted by molar-refractivity contribution is 0.0927. The molecule has 0 atom stereocenters. The van der Waals surface area contributed by atoms with Crippen molar-refractivity contribution >= 4 is 35.0 Å². The normalized spacial score (nSPS) is 10.4. The van der Waals surface area contributed by atoms with Crippen LogP contribution in [0.1, 0.15) is 20.7 Å². The molecule has 0 aliphatic carbocycles. The number of carbonyl (C=O) groups is 2. The molecule has 3 N–H and O–H groups in total. The number of benzene rings is 2. The second-order valence-corrected chi connectivity index (χ2v) is 6.94. The van der Waals surface area contributed by atoms with E-state index in [0.29, 0.717) is 16.3 Å². The molecule has 0 radical (unpaired) electrons. The van der Waals surface area contributed by atoms with Gasteiger partial charge in [-0.2, -0.15) is 0 Å². The fourth-order valence-corrected chi connectivity index (χ4v) is 2.92. The van der Waals surface area contributed by atoms with Gasteiger partial charge in [0.05, 0.1) is 10.0 Å². The van der Waals surface area contributed by atoms with Crippen LogP contribution in [0.5, 0.6) is 0 Å². The van der Waals surface area contributed by atoms with Gasteiger partial charge in [-0.15, -0.1) is 0 Å². The van der Waals surface area contributed by atoms with E-state index in [1.165, 1.54) is 18.2 Å². The summed E-state index contributed by atoms with van der Waals surface area (Å²) in [6, 6.07) is 17.0. The minimum atomic E-state index is -0.519. The summed E-state index contributed by atoms with van der Waals surface area (Å²) in [7, 11) is 0. The van der Waals surface area contributed by atoms with Crippen LogP contribution in [0.25, 0.3) is 11.3 Å². The Morgan fingerprint density at radius 3 is 2.17 bits per heavy atom. The van der Waals surface area contributed by atoms with Gasteiger partial charge in [0.15, 0.2) is 0 Å². The summed E-state index contributed by atoms with van der Waals surface area (Å²) in [6.07, 6.45) is 0. The van der Waals surface area contributed by atoms with Gasteiger partial charge in [0, 0.05) is 24.3 Å². The van der Waals surface area contributed by atoms with Crippen LogP contribution in [0.3, 0.4) is 0 Å². The predicted octanol–water partition coefficient (Wildman–Crippen LogP) is 3.51. The smallest absolute Gasteiger partial charge is 0.261 e. The van der Waals surface area contributed by atoms with E-state index in [4.69, 9.17) is 23.2 Å². The number of aromatic nitrogens is 1. The van der Waals surface area contributed by atoms with Gasteiger partial charge in [-0.05, 0) is 35.9 Å². The first-order chi connectivity index (χ1) is 14.0. The van der Waals surface area contributed by atoms with Crippen molar-refractivity contribution in [3.8, 4) is 11.3 Å². The zero-order valence-corrected chi connectivity index (χ0v) is 16.7. The molecular formula is C21H17Cl2N3O3. The highest BCUT2D eigenvalue weighted by atomic mass is 35.5. The summed E-state index contributed by atoms with van der Waals surface area (Å²) in [5.74, 6) is -0.863. The Kier molecular flexibility index (Phi) is 6.69. The Balaban J connectivity index is 1.53. The first-order valence-electron chi connectivity index (χ1n) is 8.76. The van der Waals surface area contributed by atoms with Crippen molar-refractivity contribution in [2.45, 2.75) is 0 Å². The fraction of sp³-hybridized carbons (Fsp3) is 0.0952. The number of rotatable bonds is 6. The average molecular weight is 430 g/mol. The van der Waals surface area contributed by atoms with Crippen LogP contribution in [0.2, 0.25) is 10.0 Å². The molecule has 0 aliphatic rings. The zero-order valence-electron chi connectivity index (χ0n) is 15.2. The third-order valence-corrected chi connectivity index (χ3v) is 4.86. The van der Waals surface area contributed by atoms with E-state index in [2.05, 4.69) is 15.6 Å². The van der Waals surface area contributed by atoms with E-state index in [-0.39, 0.29) is 29.6 Å². The molecule has 0 unspecified atom stereocenters. The van der Waals surface area contributed by atoms with Gasteiger partial charge in [0.1, 0.15) is 5.56 Å². The lowest BCUT2D eigenvalue weighted by atomic mass is 10.1. The van der Waals surface area contributed by atoms with E-state index in [9.17, 15) is 14.4 Å². The second-order valence-electron chi connectivity index (χ2n) is 6.12. The van der Waals surface area contributed by atoms with Gasteiger partial charge in [0.2, 0.25) is 0 Å². The quantitative estimate of drug-likeness (QED) is 0.523. The summed E-state index contributed by atoms with van der Waals surface area (Å²) in [5.41, 5.74) is 1.35. The second kappa shape index (κ2) is 9.41. The molecule has 0 spiro atoms.